The minimum absolute atomic E-state index is 0.00714. The van der Waals surface area contributed by atoms with E-state index in [0.29, 0.717) is 31.0 Å². The summed E-state index contributed by atoms with van der Waals surface area (Å²) in [5.41, 5.74) is 9.93. The molecule has 0 spiro atoms. The largest absolute Gasteiger partial charge is 0.395 e. The summed E-state index contributed by atoms with van der Waals surface area (Å²) in [7, 11) is 1.82. The van der Waals surface area contributed by atoms with Gasteiger partial charge in [-0.1, -0.05) is 24.3 Å². The maximum absolute atomic E-state index is 13.1. The van der Waals surface area contributed by atoms with Gasteiger partial charge in [0.25, 0.3) is 5.91 Å². The quantitative estimate of drug-likeness (QED) is 0.348. The van der Waals surface area contributed by atoms with Crippen molar-refractivity contribution >= 4 is 31.1 Å². The van der Waals surface area contributed by atoms with Crippen molar-refractivity contribution in [2.24, 2.45) is 0 Å². The number of nitrogens with zero attached hydrogens (tertiary/aromatic N) is 4. The molecule has 10 nitrogen and oxygen atoms in total. The summed E-state index contributed by atoms with van der Waals surface area (Å²) >= 11 is 0. The number of nitrogens with two attached hydrogens (primary N) is 1. The number of nitrogen functional groups attached to an aromatic ring is 1. The van der Waals surface area contributed by atoms with E-state index in [1.807, 2.05) is 38.3 Å². The van der Waals surface area contributed by atoms with Gasteiger partial charge in [-0.25, -0.2) is 9.97 Å². The van der Waals surface area contributed by atoms with Crippen LogP contribution in [0.15, 0.2) is 48.9 Å². The molecule has 34 heavy (non-hydrogen) atoms. The standard InChI is InChI=1S/C23H28BN7O3/c24-30-17(14-32)11-15-1-3-16(4-2-15)18-13-27-22(25)21(28-18)23(33)29-19-12-26-6-5-20(19)31-7-9-34-10-8-31/h1-6,12-13,17,30,32H,7-11,14,24H2,(H2,25,27)(H,29,33)/t17-/m1/s1. The number of hydrogen-bond donors (Lipinski definition) is 4. The number of aromatic nitrogens is 3. The second-order valence-electron chi connectivity index (χ2n) is 8.00. The van der Waals surface area contributed by atoms with Crippen LogP contribution in [0, 0.1) is 0 Å². The molecule has 0 aliphatic carbocycles. The van der Waals surface area contributed by atoms with Gasteiger partial charge in [-0.2, -0.15) is 0 Å². The molecule has 5 N–H and O–H groups in total. The fourth-order valence-corrected chi connectivity index (χ4v) is 3.80. The van der Waals surface area contributed by atoms with Gasteiger partial charge in [-0.15, -0.1) is 0 Å². The van der Waals surface area contributed by atoms with Crippen LogP contribution in [-0.4, -0.2) is 72.9 Å². The Bertz CT molecular complexity index is 1120. The topological polar surface area (TPSA) is 139 Å². The van der Waals surface area contributed by atoms with Crippen LogP contribution in [0.5, 0.6) is 0 Å². The van der Waals surface area contributed by atoms with Crippen molar-refractivity contribution in [3.05, 3.63) is 60.2 Å². The summed E-state index contributed by atoms with van der Waals surface area (Å²) in [5.74, 6) is -0.403. The summed E-state index contributed by atoms with van der Waals surface area (Å²) in [5, 5.41) is 15.3. The molecule has 176 valence electrons. The van der Waals surface area contributed by atoms with Crippen molar-refractivity contribution < 1.29 is 14.6 Å². The normalized spacial score (nSPS) is 14.6. The molecule has 0 unspecified atom stereocenters. The molecule has 0 saturated carbocycles. The number of aliphatic hydroxyl groups excluding tert-OH is 1. The molecule has 3 aromatic rings. The van der Waals surface area contributed by atoms with E-state index < -0.39 is 5.91 Å². The molecular formula is C23H28BN7O3. The number of rotatable bonds is 8. The summed E-state index contributed by atoms with van der Waals surface area (Å²) in [6.07, 6.45) is 5.55. The van der Waals surface area contributed by atoms with E-state index >= 15 is 0 Å². The zero-order chi connectivity index (χ0) is 23.9. The zero-order valence-corrected chi connectivity index (χ0v) is 19.1. The number of aliphatic hydroxyl groups is 1. The van der Waals surface area contributed by atoms with Crippen molar-refractivity contribution in [1.29, 1.82) is 0 Å². The number of hydrogen-bond acceptors (Lipinski definition) is 9. The van der Waals surface area contributed by atoms with Gasteiger partial charge >= 0.3 is 0 Å². The lowest BCUT2D eigenvalue weighted by molar-refractivity contribution is 0.102. The Labute approximate surface area is 199 Å². The Morgan fingerprint density at radius 2 is 1.97 bits per heavy atom. The average Bonchev–Trinajstić information content (AvgIpc) is 2.89. The predicted octanol–water partition coefficient (Wildman–Crippen LogP) is 0.251. The van der Waals surface area contributed by atoms with Crippen LogP contribution >= 0.6 is 0 Å². The first kappa shape index (κ1) is 23.6. The maximum atomic E-state index is 13.1. The fourth-order valence-electron chi connectivity index (χ4n) is 3.80. The van der Waals surface area contributed by atoms with E-state index in [4.69, 9.17) is 10.5 Å². The smallest absolute Gasteiger partial charge is 0.278 e. The third kappa shape index (κ3) is 5.50. The van der Waals surface area contributed by atoms with Gasteiger partial charge in [0.2, 0.25) is 0 Å². The minimum atomic E-state index is -0.453. The molecule has 1 saturated heterocycles. The Hall–Kier alpha value is -3.54. The monoisotopic (exact) mass is 461 g/mol. The van der Waals surface area contributed by atoms with Crippen LogP contribution in [0.1, 0.15) is 16.1 Å². The number of pyridine rings is 1. The molecule has 0 radical (unpaired) electrons. The summed E-state index contributed by atoms with van der Waals surface area (Å²) in [4.78, 5) is 28.1. The molecule has 3 heterocycles. The van der Waals surface area contributed by atoms with Crippen LogP contribution in [0.3, 0.4) is 0 Å². The summed E-state index contributed by atoms with van der Waals surface area (Å²) in [6.45, 7) is 2.78. The highest BCUT2D eigenvalue weighted by atomic mass is 16.5. The van der Waals surface area contributed by atoms with Crippen LogP contribution < -0.4 is 21.2 Å². The molecule has 1 aliphatic rings. The van der Waals surface area contributed by atoms with Crippen molar-refractivity contribution in [3.8, 4) is 11.3 Å². The molecule has 0 bridgehead atoms. The Morgan fingerprint density at radius 3 is 2.68 bits per heavy atom. The molecule has 11 heteroatoms. The fraction of sp³-hybridized carbons (Fsp3) is 0.304. The first-order valence-corrected chi connectivity index (χ1v) is 11.2. The molecule has 1 fully saturated rings. The molecule has 2 aromatic heterocycles. The number of carbonyl (C=O) groups is 1. The Balaban J connectivity index is 1.53. The molecule has 1 atom stereocenters. The van der Waals surface area contributed by atoms with Crippen molar-refractivity contribution in [2.45, 2.75) is 12.5 Å². The second-order valence-corrected chi connectivity index (χ2v) is 8.00. The van der Waals surface area contributed by atoms with Crippen molar-refractivity contribution in [2.75, 3.05) is 48.9 Å². The van der Waals surface area contributed by atoms with E-state index in [1.165, 1.54) is 0 Å². The van der Waals surface area contributed by atoms with E-state index in [9.17, 15) is 9.90 Å². The molecular weight excluding hydrogens is 433 g/mol. The first-order valence-electron chi connectivity index (χ1n) is 11.2. The maximum Gasteiger partial charge on any atom is 0.278 e. The number of anilines is 3. The van der Waals surface area contributed by atoms with E-state index in [1.54, 1.807) is 18.6 Å². The van der Waals surface area contributed by atoms with Gasteiger partial charge in [0, 0.05) is 30.9 Å². The number of ether oxygens (including phenoxy) is 1. The zero-order valence-electron chi connectivity index (χ0n) is 19.1. The predicted molar refractivity (Wildman–Crippen MR) is 133 cm³/mol. The van der Waals surface area contributed by atoms with Crippen LogP contribution in [0.25, 0.3) is 11.3 Å². The number of amides is 1. The molecule has 4 rings (SSSR count). The van der Waals surface area contributed by atoms with Gasteiger partial charge in [0.05, 0.1) is 49.3 Å². The lowest BCUT2D eigenvalue weighted by Crippen LogP contribution is -2.36. The van der Waals surface area contributed by atoms with Crippen LogP contribution in [0.4, 0.5) is 17.2 Å². The van der Waals surface area contributed by atoms with E-state index in [0.717, 1.165) is 29.9 Å². The third-order valence-corrected chi connectivity index (χ3v) is 5.77. The van der Waals surface area contributed by atoms with Gasteiger partial charge in [-0.3, -0.25) is 9.78 Å². The van der Waals surface area contributed by atoms with E-state index in [2.05, 4.69) is 30.4 Å². The van der Waals surface area contributed by atoms with Crippen molar-refractivity contribution in [1.82, 2.24) is 20.2 Å². The number of morpholine rings is 1. The van der Waals surface area contributed by atoms with Crippen LogP contribution in [0.2, 0.25) is 0 Å². The molecule has 1 aliphatic heterocycles. The highest BCUT2D eigenvalue weighted by molar-refractivity contribution is 6.07. The molecule has 1 aromatic carbocycles. The Morgan fingerprint density at radius 1 is 1.21 bits per heavy atom. The SMILES string of the molecule is BN[C@@H](CO)Cc1ccc(-c2cnc(N)c(C(=O)Nc3cnccc3N3CCOCC3)n2)cc1. The van der Waals surface area contributed by atoms with Gasteiger partial charge < -0.3 is 31.0 Å². The first-order chi connectivity index (χ1) is 16.6. The second kappa shape index (κ2) is 11.1. The van der Waals surface area contributed by atoms with Gasteiger partial charge in [0.1, 0.15) is 0 Å². The van der Waals surface area contributed by atoms with E-state index in [-0.39, 0.29) is 24.2 Å². The van der Waals surface area contributed by atoms with Gasteiger partial charge in [-0.05, 0) is 18.1 Å². The lowest BCUT2D eigenvalue weighted by Gasteiger charge is -2.30. The third-order valence-electron chi connectivity index (χ3n) is 5.77. The Kier molecular flexibility index (Phi) is 7.68. The number of benzene rings is 1. The highest BCUT2D eigenvalue weighted by Gasteiger charge is 2.20. The van der Waals surface area contributed by atoms with Crippen LogP contribution in [-0.2, 0) is 11.2 Å². The highest BCUT2D eigenvalue weighted by Crippen LogP contribution is 2.26. The molecule has 1 amide bonds. The average molecular weight is 461 g/mol. The van der Waals surface area contributed by atoms with Gasteiger partial charge in [0.15, 0.2) is 19.5 Å². The summed E-state index contributed by atoms with van der Waals surface area (Å²) in [6, 6.07) is 9.63. The minimum Gasteiger partial charge on any atom is -0.395 e. The lowest BCUT2D eigenvalue weighted by atomic mass is 10.0. The number of carbonyl (C=O) groups excluding carboxylic acids is 1. The van der Waals surface area contributed by atoms with Crippen molar-refractivity contribution in [3.63, 3.8) is 0 Å². The summed E-state index contributed by atoms with van der Waals surface area (Å²) < 4.78 is 5.43. The number of nitrogens with one attached hydrogen (secondary N) is 2.